The first-order valence-electron chi connectivity index (χ1n) is 6.63. The molecule has 1 aliphatic carbocycles. The summed E-state index contributed by atoms with van der Waals surface area (Å²) in [5.74, 6) is 1.07. The largest absolute Gasteiger partial charge is 0.357 e. The Morgan fingerprint density at radius 1 is 1.29 bits per heavy atom. The first kappa shape index (κ1) is 12.4. The summed E-state index contributed by atoms with van der Waals surface area (Å²) < 4.78 is 0. The molecule has 3 nitrogen and oxygen atoms in total. The molecular weight excluding hydrogens is 210 g/mol. The third kappa shape index (κ3) is 2.97. The summed E-state index contributed by atoms with van der Waals surface area (Å²) >= 11 is 0. The monoisotopic (exact) mass is 233 g/mol. The molecule has 1 saturated carbocycles. The summed E-state index contributed by atoms with van der Waals surface area (Å²) in [5, 5.41) is 0. The van der Waals surface area contributed by atoms with E-state index >= 15 is 0 Å². The Morgan fingerprint density at radius 3 is 2.53 bits per heavy atom. The lowest BCUT2D eigenvalue weighted by Crippen LogP contribution is -2.33. The van der Waals surface area contributed by atoms with Crippen LogP contribution in [0.3, 0.4) is 0 Å². The lowest BCUT2D eigenvalue weighted by atomic mass is 9.94. The molecule has 1 heterocycles. The molecule has 3 heteroatoms. The first-order chi connectivity index (χ1) is 8.18. The van der Waals surface area contributed by atoms with E-state index in [1.54, 1.807) is 0 Å². The van der Waals surface area contributed by atoms with Crippen LogP contribution in [-0.2, 0) is 0 Å². The quantitative estimate of drug-likeness (QED) is 0.873. The average Bonchev–Trinajstić information content (AvgIpc) is 2.39. The average molecular weight is 233 g/mol. The van der Waals surface area contributed by atoms with E-state index in [-0.39, 0.29) is 6.04 Å². The topological polar surface area (TPSA) is 42.1 Å². The highest BCUT2D eigenvalue weighted by atomic mass is 15.2. The highest BCUT2D eigenvalue weighted by molar-refractivity contribution is 5.40. The van der Waals surface area contributed by atoms with E-state index in [9.17, 15) is 0 Å². The van der Waals surface area contributed by atoms with Gasteiger partial charge in [0.15, 0.2) is 0 Å². The second-order valence-electron chi connectivity index (χ2n) is 5.14. The van der Waals surface area contributed by atoms with Gasteiger partial charge in [0.25, 0.3) is 0 Å². The summed E-state index contributed by atoms with van der Waals surface area (Å²) in [5.41, 5.74) is 6.93. The molecule has 1 aromatic heterocycles. The Balaban J connectivity index is 2.05. The lowest BCUT2D eigenvalue weighted by molar-refractivity contribution is 0.426. The maximum absolute atomic E-state index is 5.83. The predicted molar refractivity (Wildman–Crippen MR) is 72.1 cm³/mol. The van der Waals surface area contributed by atoms with E-state index in [0.717, 1.165) is 11.4 Å². The van der Waals surface area contributed by atoms with Crippen LogP contribution in [0.4, 0.5) is 5.82 Å². The fourth-order valence-corrected chi connectivity index (χ4v) is 2.53. The van der Waals surface area contributed by atoms with Gasteiger partial charge in [-0.15, -0.1) is 0 Å². The summed E-state index contributed by atoms with van der Waals surface area (Å²) in [6, 6.07) is 4.91. The predicted octanol–water partition coefficient (Wildman–Crippen LogP) is 2.87. The molecule has 1 fully saturated rings. The number of hydrogen-bond acceptors (Lipinski definition) is 3. The number of nitrogens with two attached hydrogens (primary N) is 1. The van der Waals surface area contributed by atoms with Crippen molar-refractivity contribution in [2.75, 3.05) is 11.9 Å². The fourth-order valence-electron chi connectivity index (χ4n) is 2.53. The summed E-state index contributed by atoms with van der Waals surface area (Å²) in [4.78, 5) is 6.84. The van der Waals surface area contributed by atoms with Crippen LogP contribution in [0.5, 0.6) is 0 Å². The first-order valence-corrected chi connectivity index (χ1v) is 6.63. The van der Waals surface area contributed by atoms with Crippen LogP contribution < -0.4 is 10.6 Å². The maximum Gasteiger partial charge on any atom is 0.128 e. The molecule has 0 spiro atoms. The third-order valence-electron chi connectivity index (χ3n) is 3.78. The summed E-state index contributed by atoms with van der Waals surface area (Å²) in [6.07, 6.45) is 8.60. The zero-order valence-electron chi connectivity index (χ0n) is 10.9. The molecule has 0 bridgehead atoms. The van der Waals surface area contributed by atoms with Gasteiger partial charge in [-0.25, -0.2) is 4.98 Å². The van der Waals surface area contributed by atoms with Crippen molar-refractivity contribution in [1.29, 1.82) is 0 Å². The summed E-state index contributed by atoms with van der Waals surface area (Å²) in [7, 11) is 2.16. The number of rotatable bonds is 3. The van der Waals surface area contributed by atoms with Gasteiger partial charge in [0.05, 0.1) is 0 Å². The molecule has 1 atom stereocenters. The van der Waals surface area contributed by atoms with Crippen molar-refractivity contribution < 1.29 is 0 Å². The van der Waals surface area contributed by atoms with E-state index in [4.69, 9.17) is 5.73 Å². The number of pyridine rings is 1. The van der Waals surface area contributed by atoms with Crippen molar-refractivity contribution in [3.63, 3.8) is 0 Å². The van der Waals surface area contributed by atoms with Crippen LogP contribution in [0.2, 0.25) is 0 Å². The Kier molecular flexibility index (Phi) is 4.00. The molecular formula is C14H23N3. The van der Waals surface area contributed by atoms with Crippen molar-refractivity contribution in [3.8, 4) is 0 Å². The van der Waals surface area contributed by atoms with Crippen molar-refractivity contribution in [2.24, 2.45) is 5.73 Å². The minimum Gasteiger partial charge on any atom is -0.357 e. The van der Waals surface area contributed by atoms with Gasteiger partial charge in [-0.1, -0.05) is 25.3 Å². The second-order valence-corrected chi connectivity index (χ2v) is 5.14. The van der Waals surface area contributed by atoms with E-state index in [1.165, 1.54) is 32.1 Å². The van der Waals surface area contributed by atoms with Gasteiger partial charge >= 0.3 is 0 Å². The SMILES string of the molecule is C[C@@H](N)c1ccc(N(C)C2CCCCC2)nc1. The molecule has 0 radical (unpaired) electrons. The smallest absolute Gasteiger partial charge is 0.128 e. The van der Waals surface area contributed by atoms with Crippen LogP contribution in [0.1, 0.15) is 50.6 Å². The van der Waals surface area contributed by atoms with E-state index in [0.29, 0.717) is 6.04 Å². The van der Waals surface area contributed by atoms with Crippen LogP contribution in [0.25, 0.3) is 0 Å². The van der Waals surface area contributed by atoms with Crippen molar-refractivity contribution in [1.82, 2.24) is 4.98 Å². The third-order valence-corrected chi connectivity index (χ3v) is 3.78. The van der Waals surface area contributed by atoms with Crippen LogP contribution in [0.15, 0.2) is 18.3 Å². The van der Waals surface area contributed by atoms with Gasteiger partial charge in [-0.3, -0.25) is 0 Å². The number of hydrogen-bond donors (Lipinski definition) is 1. The van der Waals surface area contributed by atoms with Crippen molar-refractivity contribution in [2.45, 2.75) is 51.1 Å². The highest BCUT2D eigenvalue weighted by Crippen LogP contribution is 2.25. The Bertz CT molecular complexity index is 339. The van der Waals surface area contributed by atoms with Gasteiger partial charge in [-0.05, 0) is 31.4 Å². The van der Waals surface area contributed by atoms with Crippen LogP contribution >= 0.6 is 0 Å². The van der Waals surface area contributed by atoms with E-state index in [2.05, 4.69) is 29.1 Å². The normalized spacial score (nSPS) is 19.0. The standard InChI is InChI=1S/C14H23N3/c1-11(15)12-8-9-14(16-10-12)17(2)13-6-4-3-5-7-13/h8-11,13H,3-7,15H2,1-2H3/t11-/m1/s1. The van der Waals surface area contributed by atoms with Gasteiger partial charge < -0.3 is 10.6 Å². The van der Waals surface area contributed by atoms with Crippen molar-refractivity contribution >= 4 is 5.82 Å². The molecule has 0 amide bonds. The van der Waals surface area contributed by atoms with E-state index < -0.39 is 0 Å². The minimum atomic E-state index is 0.0662. The lowest BCUT2D eigenvalue weighted by Gasteiger charge is -2.32. The number of nitrogens with zero attached hydrogens (tertiary/aromatic N) is 2. The van der Waals surface area contributed by atoms with Crippen LogP contribution in [-0.4, -0.2) is 18.1 Å². The van der Waals surface area contributed by atoms with Gasteiger partial charge in [-0.2, -0.15) is 0 Å². The van der Waals surface area contributed by atoms with Gasteiger partial charge in [0.1, 0.15) is 5.82 Å². The minimum absolute atomic E-state index is 0.0662. The zero-order chi connectivity index (χ0) is 12.3. The van der Waals surface area contributed by atoms with Gasteiger partial charge in [0, 0.05) is 25.3 Å². The number of aromatic nitrogens is 1. The fraction of sp³-hybridized carbons (Fsp3) is 0.643. The molecule has 0 aromatic carbocycles. The maximum atomic E-state index is 5.83. The Hall–Kier alpha value is -1.09. The van der Waals surface area contributed by atoms with E-state index in [1.807, 2.05) is 13.1 Å². The van der Waals surface area contributed by atoms with Gasteiger partial charge in [0.2, 0.25) is 0 Å². The highest BCUT2D eigenvalue weighted by Gasteiger charge is 2.18. The molecule has 17 heavy (non-hydrogen) atoms. The summed E-state index contributed by atoms with van der Waals surface area (Å²) in [6.45, 7) is 1.99. The molecule has 2 rings (SSSR count). The Labute approximate surface area is 104 Å². The molecule has 0 saturated heterocycles. The Morgan fingerprint density at radius 2 is 2.00 bits per heavy atom. The second kappa shape index (κ2) is 5.50. The molecule has 0 aliphatic heterocycles. The number of anilines is 1. The van der Waals surface area contributed by atoms with Crippen molar-refractivity contribution in [3.05, 3.63) is 23.9 Å². The molecule has 94 valence electrons. The molecule has 1 aliphatic rings. The molecule has 1 aromatic rings. The molecule has 0 unspecified atom stereocenters. The zero-order valence-corrected chi connectivity index (χ0v) is 10.9. The van der Waals surface area contributed by atoms with Crippen LogP contribution in [0, 0.1) is 0 Å². The molecule has 2 N–H and O–H groups in total.